The number of hydrogen-bond acceptors (Lipinski definition) is 5. The molecule has 1 saturated heterocycles. The van der Waals surface area contributed by atoms with Gasteiger partial charge in [-0.3, -0.25) is 0 Å². The van der Waals surface area contributed by atoms with Gasteiger partial charge in [0.15, 0.2) is 0 Å². The van der Waals surface area contributed by atoms with Crippen LogP contribution in [0.25, 0.3) is 0 Å². The number of anilines is 2. The zero-order valence-corrected chi connectivity index (χ0v) is 18.2. The van der Waals surface area contributed by atoms with Gasteiger partial charge in [-0.25, -0.2) is 9.78 Å². The number of rotatable bonds is 3. The van der Waals surface area contributed by atoms with Gasteiger partial charge in [0.25, 0.3) is 0 Å². The number of morpholine rings is 1. The molecule has 1 N–H and O–H groups in total. The molecule has 0 saturated carbocycles. The van der Waals surface area contributed by atoms with Gasteiger partial charge in [-0.1, -0.05) is 12.1 Å². The molecular weight excluding hydrogens is 422 g/mol. The van der Waals surface area contributed by atoms with Crippen LogP contribution in [0.2, 0.25) is 0 Å². The molecule has 1 fully saturated rings. The molecule has 3 rings (SSSR count). The molecule has 28 heavy (non-hydrogen) atoms. The highest BCUT2D eigenvalue weighted by Crippen LogP contribution is 2.28. The maximum Gasteiger partial charge on any atom is 0.410 e. The second kappa shape index (κ2) is 8.49. The Labute approximate surface area is 174 Å². The number of halogens is 1. The summed E-state index contributed by atoms with van der Waals surface area (Å²) in [5.41, 5.74) is 2.61. The molecule has 0 aliphatic carbocycles. The van der Waals surface area contributed by atoms with Gasteiger partial charge in [-0.05, 0) is 73.0 Å². The normalized spacial score (nSPS) is 17.3. The third-order valence-corrected chi connectivity index (χ3v) is 4.80. The fourth-order valence-electron chi connectivity index (χ4n) is 2.96. The van der Waals surface area contributed by atoms with E-state index in [1.54, 1.807) is 11.1 Å². The lowest BCUT2D eigenvalue weighted by Gasteiger charge is -2.34. The van der Waals surface area contributed by atoms with Crippen molar-refractivity contribution < 1.29 is 14.3 Å². The smallest absolute Gasteiger partial charge is 0.410 e. The number of amides is 1. The maximum atomic E-state index is 12.4. The Morgan fingerprint density at radius 3 is 2.75 bits per heavy atom. The van der Waals surface area contributed by atoms with Crippen LogP contribution in [-0.4, -0.2) is 41.3 Å². The third-order valence-electron chi connectivity index (χ3n) is 4.33. The van der Waals surface area contributed by atoms with Crippen molar-refractivity contribution in [3.8, 4) is 0 Å². The van der Waals surface area contributed by atoms with Crippen LogP contribution in [0, 0.1) is 6.92 Å². The number of nitrogens with zero attached hydrogens (tertiary/aromatic N) is 2. The average molecular weight is 448 g/mol. The summed E-state index contributed by atoms with van der Waals surface area (Å²) in [5, 5.41) is 3.33. The molecule has 2 heterocycles. The molecule has 1 atom stereocenters. The fraction of sp³-hybridized carbons (Fsp3) is 0.429. The molecule has 2 aromatic rings. The first-order chi connectivity index (χ1) is 13.2. The summed E-state index contributed by atoms with van der Waals surface area (Å²) in [6, 6.07) is 9.99. The SMILES string of the molecule is Cc1cc([C@H]2CN(C(=O)OC(C)(C)C)CCO2)ccc1Nc1ccc(Br)cn1. The van der Waals surface area contributed by atoms with Gasteiger partial charge in [0.2, 0.25) is 0 Å². The molecule has 0 unspecified atom stereocenters. The number of benzene rings is 1. The summed E-state index contributed by atoms with van der Waals surface area (Å²) >= 11 is 3.39. The van der Waals surface area contributed by atoms with Crippen LogP contribution in [-0.2, 0) is 9.47 Å². The predicted molar refractivity (Wildman–Crippen MR) is 113 cm³/mol. The Morgan fingerprint density at radius 2 is 2.11 bits per heavy atom. The molecule has 0 spiro atoms. The van der Waals surface area contributed by atoms with Crippen molar-refractivity contribution in [3.63, 3.8) is 0 Å². The van der Waals surface area contributed by atoms with Crippen molar-refractivity contribution in [2.45, 2.75) is 39.4 Å². The van der Waals surface area contributed by atoms with Crippen molar-refractivity contribution in [1.82, 2.24) is 9.88 Å². The Bertz CT molecular complexity index is 834. The molecular formula is C21H26BrN3O3. The van der Waals surface area contributed by atoms with Crippen LogP contribution >= 0.6 is 15.9 Å². The number of hydrogen-bond donors (Lipinski definition) is 1. The third kappa shape index (κ3) is 5.45. The van der Waals surface area contributed by atoms with Crippen molar-refractivity contribution in [2.24, 2.45) is 0 Å². The van der Waals surface area contributed by atoms with E-state index in [0.29, 0.717) is 19.7 Å². The summed E-state index contributed by atoms with van der Waals surface area (Å²) < 4.78 is 12.3. The molecule has 7 heteroatoms. The number of nitrogens with one attached hydrogen (secondary N) is 1. The standard InChI is InChI=1S/C21H26BrN3O3/c1-14-11-15(5-7-17(14)24-19-8-6-16(22)12-23-19)18-13-25(9-10-27-18)20(26)28-21(2,3)4/h5-8,11-12,18H,9-10,13H2,1-4H3,(H,23,24)/t18-/m1/s1. The molecule has 1 aromatic heterocycles. The average Bonchev–Trinajstić information content (AvgIpc) is 2.64. The minimum absolute atomic E-state index is 0.167. The summed E-state index contributed by atoms with van der Waals surface area (Å²) in [6.07, 6.45) is 1.30. The van der Waals surface area contributed by atoms with Gasteiger partial charge in [-0.2, -0.15) is 0 Å². The van der Waals surface area contributed by atoms with E-state index in [2.05, 4.69) is 32.3 Å². The molecule has 6 nitrogen and oxygen atoms in total. The van der Waals surface area contributed by atoms with Gasteiger partial charge < -0.3 is 19.7 Å². The Hall–Kier alpha value is -2.12. The molecule has 1 amide bonds. The van der Waals surface area contributed by atoms with Crippen molar-refractivity contribution in [3.05, 3.63) is 52.1 Å². The van der Waals surface area contributed by atoms with Gasteiger partial charge in [0.05, 0.1) is 13.2 Å². The number of aromatic nitrogens is 1. The summed E-state index contributed by atoms with van der Waals surface area (Å²) in [6.45, 7) is 9.17. The van der Waals surface area contributed by atoms with Crippen molar-refractivity contribution >= 4 is 33.5 Å². The second-order valence-electron chi connectivity index (χ2n) is 7.85. The quantitative estimate of drug-likeness (QED) is 0.699. The number of carbonyl (C=O) groups is 1. The van der Waals surface area contributed by atoms with Crippen molar-refractivity contribution in [2.75, 3.05) is 25.0 Å². The maximum absolute atomic E-state index is 12.4. The molecule has 1 aromatic carbocycles. The van der Waals surface area contributed by atoms with Crippen LogP contribution in [0.3, 0.4) is 0 Å². The zero-order chi connectivity index (χ0) is 20.3. The predicted octanol–water partition coefficient (Wildman–Crippen LogP) is 5.20. The highest BCUT2D eigenvalue weighted by molar-refractivity contribution is 9.10. The molecule has 0 bridgehead atoms. The van der Waals surface area contributed by atoms with E-state index in [1.165, 1.54) is 0 Å². The van der Waals surface area contributed by atoms with Gasteiger partial charge in [0.1, 0.15) is 17.5 Å². The number of aryl methyl sites for hydroxylation is 1. The Kier molecular flexibility index (Phi) is 6.25. The highest BCUT2D eigenvalue weighted by atomic mass is 79.9. The number of carbonyl (C=O) groups excluding carboxylic acids is 1. The van der Waals surface area contributed by atoms with E-state index >= 15 is 0 Å². The number of ether oxygens (including phenoxy) is 2. The first-order valence-electron chi connectivity index (χ1n) is 9.30. The molecule has 0 radical (unpaired) electrons. The molecule has 1 aliphatic rings. The number of pyridine rings is 1. The van der Waals surface area contributed by atoms with E-state index < -0.39 is 5.60 Å². The Morgan fingerprint density at radius 1 is 1.32 bits per heavy atom. The van der Waals surface area contributed by atoms with Crippen LogP contribution in [0.1, 0.15) is 38.0 Å². The zero-order valence-electron chi connectivity index (χ0n) is 16.7. The van der Waals surface area contributed by atoms with Crippen molar-refractivity contribution in [1.29, 1.82) is 0 Å². The highest BCUT2D eigenvalue weighted by Gasteiger charge is 2.29. The largest absolute Gasteiger partial charge is 0.444 e. The minimum Gasteiger partial charge on any atom is -0.444 e. The van der Waals surface area contributed by atoms with Crippen LogP contribution in [0.5, 0.6) is 0 Å². The summed E-state index contributed by atoms with van der Waals surface area (Å²) in [7, 11) is 0. The summed E-state index contributed by atoms with van der Waals surface area (Å²) in [5.74, 6) is 0.782. The second-order valence-corrected chi connectivity index (χ2v) is 8.76. The molecule has 1 aliphatic heterocycles. The first-order valence-corrected chi connectivity index (χ1v) is 10.1. The lowest BCUT2D eigenvalue weighted by Crippen LogP contribution is -2.44. The van der Waals surface area contributed by atoms with E-state index in [9.17, 15) is 4.79 Å². The van der Waals surface area contributed by atoms with E-state index in [0.717, 1.165) is 27.1 Å². The van der Waals surface area contributed by atoms with E-state index in [1.807, 2.05) is 52.0 Å². The minimum atomic E-state index is -0.504. The fourth-order valence-corrected chi connectivity index (χ4v) is 3.19. The van der Waals surface area contributed by atoms with Gasteiger partial charge in [0, 0.05) is 22.9 Å². The first kappa shape index (κ1) is 20.6. The topological polar surface area (TPSA) is 63.7 Å². The van der Waals surface area contributed by atoms with Gasteiger partial charge in [-0.15, -0.1) is 0 Å². The lowest BCUT2D eigenvalue weighted by molar-refractivity contribution is -0.0432. The summed E-state index contributed by atoms with van der Waals surface area (Å²) in [4.78, 5) is 18.4. The van der Waals surface area contributed by atoms with Crippen LogP contribution in [0.15, 0.2) is 41.0 Å². The Balaban J connectivity index is 1.68. The van der Waals surface area contributed by atoms with Gasteiger partial charge >= 0.3 is 6.09 Å². The monoisotopic (exact) mass is 447 g/mol. The molecule has 150 valence electrons. The van der Waals surface area contributed by atoms with E-state index in [4.69, 9.17) is 9.47 Å². The van der Waals surface area contributed by atoms with E-state index in [-0.39, 0.29) is 12.2 Å². The van der Waals surface area contributed by atoms with Crippen LogP contribution in [0.4, 0.5) is 16.3 Å². The van der Waals surface area contributed by atoms with Crippen LogP contribution < -0.4 is 5.32 Å². The lowest BCUT2D eigenvalue weighted by atomic mass is 10.0.